The lowest BCUT2D eigenvalue weighted by Gasteiger charge is -2.13. The van der Waals surface area contributed by atoms with Crippen molar-refractivity contribution < 1.29 is 4.74 Å². The number of nitrogens with zero attached hydrogens (tertiary/aromatic N) is 1. The van der Waals surface area contributed by atoms with Gasteiger partial charge in [-0.15, -0.1) is 28.3 Å². The molecule has 1 unspecified atom stereocenters. The third-order valence-electron chi connectivity index (χ3n) is 3.38. The SMILES string of the molecule is Cc1cccc(C2CC2(Cl)Cl)c1Oc1n[nH]c(Cl)cc1=O. The minimum atomic E-state index is -0.772. The summed E-state index contributed by atoms with van der Waals surface area (Å²) in [4.78, 5) is 11.8. The standard InChI is InChI=1S/C14H11Cl3N2O2/c1-7-3-2-4-8(9-6-14(9,16)17)12(7)21-13-10(20)5-11(15)18-19-13/h2-5,9H,6H2,1H3,(H,18,20). The molecule has 3 rings (SSSR count). The quantitative estimate of drug-likeness (QED) is 0.849. The Morgan fingerprint density at radius 2 is 2.14 bits per heavy atom. The summed E-state index contributed by atoms with van der Waals surface area (Å²) in [6.07, 6.45) is 0.653. The average molecular weight is 346 g/mol. The summed E-state index contributed by atoms with van der Waals surface area (Å²) in [6, 6.07) is 6.89. The Bertz CT molecular complexity index is 758. The third kappa shape index (κ3) is 2.89. The molecule has 1 aromatic carbocycles. The number of ether oxygens (including phenoxy) is 1. The number of aromatic amines is 1. The van der Waals surface area contributed by atoms with Gasteiger partial charge in [-0.05, 0) is 18.9 Å². The van der Waals surface area contributed by atoms with Gasteiger partial charge in [-0.3, -0.25) is 9.89 Å². The van der Waals surface area contributed by atoms with Crippen LogP contribution in [0.2, 0.25) is 5.15 Å². The second kappa shape index (κ2) is 5.20. The zero-order chi connectivity index (χ0) is 15.2. The monoisotopic (exact) mass is 344 g/mol. The highest BCUT2D eigenvalue weighted by Crippen LogP contribution is 2.61. The van der Waals surface area contributed by atoms with Crippen molar-refractivity contribution >= 4 is 34.8 Å². The van der Waals surface area contributed by atoms with E-state index < -0.39 is 9.76 Å². The number of hydrogen-bond acceptors (Lipinski definition) is 3. The van der Waals surface area contributed by atoms with E-state index in [9.17, 15) is 4.79 Å². The number of rotatable bonds is 3. The maximum Gasteiger partial charge on any atom is 0.285 e. The predicted octanol–water partition coefficient (Wildman–Crippen LogP) is 4.19. The first-order valence-corrected chi connectivity index (χ1v) is 7.42. The molecule has 1 aliphatic rings. The smallest absolute Gasteiger partial charge is 0.285 e. The minimum absolute atomic E-state index is 0.0119. The van der Waals surface area contributed by atoms with Crippen LogP contribution < -0.4 is 10.2 Å². The van der Waals surface area contributed by atoms with Gasteiger partial charge < -0.3 is 4.74 Å². The molecule has 1 atom stereocenters. The van der Waals surface area contributed by atoms with Crippen molar-refractivity contribution in [2.24, 2.45) is 0 Å². The summed E-state index contributed by atoms with van der Waals surface area (Å²) in [7, 11) is 0. The van der Waals surface area contributed by atoms with E-state index in [-0.39, 0.29) is 17.0 Å². The highest BCUT2D eigenvalue weighted by atomic mass is 35.5. The molecule has 0 bridgehead atoms. The molecule has 0 amide bonds. The number of benzene rings is 1. The van der Waals surface area contributed by atoms with Gasteiger partial charge in [0, 0.05) is 17.5 Å². The van der Waals surface area contributed by atoms with Crippen LogP contribution in [-0.4, -0.2) is 14.5 Å². The number of halogens is 3. The molecule has 1 aromatic heterocycles. The molecule has 1 heterocycles. The van der Waals surface area contributed by atoms with Gasteiger partial charge in [-0.2, -0.15) is 0 Å². The lowest BCUT2D eigenvalue weighted by atomic mass is 10.1. The molecule has 1 N–H and O–H groups in total. The Kier molecular flexibility index (Phi) is 3.64. The van der Waals surface area contributed by atoms with Crippen LogP contribution in [0.1, 0.15) is 23.5 Å². The van der Waals surface area contributed by atoms with Crippen molar-refractivity contribution in [3.05, 3.63) is 50.8 Å². The van der Waals surface area contributed by atoms with Crippen molar-refractivity contribution in [3.8, 4) is 11.6 Å². The molecule has 1 saturated carbocycles. The number of aromatic nitrogens is 2. The molecule has 0 radical (unpaired) electrons. The van der Waals surface area contributed by atoms with Gasteiger partial charge in [0.15, 0.2) is 0 Å². The number of alkyl halides is 2. The van der Waals surface area contributed by atoms with E-state index >= 15 is 0 Å². The van der Waals surface area contributed by atoms with Gasteiger partial charge in [0.2, 0.25) is 5.43 Å². The molecule has 1 aliphatic carbocycles. The number of hydrogen-bond donors (Lipinski definition) is 1. The summed E-state index contributed by atoms with van der Waals surface area (Å²) in [6.45, 7) is 1.88. The van der Waals surface area contributed by atoms with E-state index in [2.05, 4.69) is 10.2 Å². The van der Waals surface area contributed by atoms with Gasteiger partial charge >= 0.3 is 0 Å². The summed E-state index contributed by atoms with van der Waals surface area (Å²) in [5.41, 5.74) is 1.35. The largest absolute Gasteiger partial charge is 0.434 e. The molecule has 21 heavy (non-hydrogen) atoms. The van der Waals surface area contributed by atoms with Crippen LogP contribution in [0.25, 0.3) is 0 Å². The van der Waals surface area contributed by atoms with Gasteiger partial charge in [-0.1, -0.05) is 29.8 Å². The molecule has 7 heteroatoms. The van der Waals surface area contributed by atoms with Gasteiger partial charge in [-0.25, -0.2) is 0 Å². The Morgan fingerprint density at radius 1 is 1.43 bits per heavy atom. The Balaban J connectivity index is 2.00. The number of aryl methyl sites for hydroxylation is 1. The zero-order valence-electron chi connectivity index (χ0n) is 11.0. The molecular weight excluding hydrogens is 335 g/mol. The van der Waals surface area contributed by atoms with E-state index in [1.54, 1.807) is 0 Å². The summed E-state index contributed by atoms with van der Waals surface area (Å²) < 4.78 is 4.92. The Morgan fingerprint density at radius 3 is 2.76 bits per heavy atom. The summed E-state index contributed by atoms with van der Waals surface area (Å²) in [5.74, 6) is 0.485. The van der Waals surface area contributed by atoms with Crippen molar-refractivity contribution in [1.82, 2.24) is 10.2 Å². The molecule has 4 nitrogen and oxygen atoms in total. The molecule has 0 spiro atoms. The number of para-hydroxylation sites is 1. The van der Waals surface area contributed by atoms with Crippen molar-refractivity contribution in [3.63, 3.8) is 0 Å². The van der Waals surface area contributed by atoms with E-state index in [4.69, 9.17) is 39.5 Å². The minimum Gasteiger partial charge on any atom is -0.434 e. The first kappa shape index (κ1) is 14.7. The lowest BCUT2D eigenvalue weighted by molar-refractivity contribution is 0.441. The van der Waals surface area contributed by atoms with Crippen LogP contribution in [0.3, 0.4) is 0 Å². The fourth-order valence-electron chi connectivity index (χ4n) is 2.18. The first-order valence-electron chi connectivity index (χ1n) is 6.29. The zero-order valence-corrected chi connectivity index (χ0v) is 13.3. The maximum atomic E-state index is 11.8. The van der Waals surface area contributed by atoms with E-state index in [1.165, 1.54) is 6.07 Å². The highest BCUT2D eigenvalue weighted by molar-refractivity contribution is 6.51. The highest BCUT2D eigenvalue weighted by Gasteiger charge is 2.53. The van der Waals surface area contributed by atoms with Gasteiger partial charge in [0.05, 0.1) is 0 Å². The second-order valence-electron chi connectivity index (χ2n) is 5.00. The lowest BCUT2D eigenvalue weighted by Crippen LogP contribution is -2.09. The van der Waals surface area contributed by atoms with E-state index in [0.29, 0.717) is 12.2 Å². The van der Waals surface area contributed by atoms with E-state index in [1.807, 2.05) is 25.1 Å². The molecule has 110 valence electrons. The maximum absolute atomic E-state index is 11.8. The topological polar surface area (TPSA) is 55.0 Å². The fraction of sp³-hybridized carbons (Fsp3) is 0.286. The van der Waals surface area contributed by atoms with Gasteiger partial charge in [0.1, 0.15) is 15.2 Å². The molecule has 2 aromatic rings. The molecule has 0 saturated heterocycles. The third-order valence-corrected chi connectivity index (χ3v) is 4.40. The normalized spacial score (nSPS) is 19.3. The second-order valence-corrected chi connectivity index (χ2v) is 6.95. The predicted molar refractivity (Wildman–Crippen MR) is 82.9 cm³/mol. The summed E-state index contributed by atoms with van der Waals surface area (Å²) in [5, 5.41) is 6.47. The van der Waals surface area contributed by atoms with Crippen LogP contribution in [0.4, 0.5) is 0 Å². The fourth-order valence-corrected chi connectivity index (χ4v) is 2.86. The van der Waals surface area contributed by atoms with Gasteiger partial charge in [0.25, 0.3) is 5.88 Å². The van der Waals surface area contributed by atoms with Crippen LogP contribution in [0.5, 0.6) is 11.6 Å². The molecular formula is C14H11Cl3N2O2. The van der Waals surface area contributed by atoms with E-state index in [0.717, 1.165) is 11.1 Å². The van der Waals surface area contributed by atoms with Crippen molar-refractivity contribution in [2.45, 2.75) is 23.6 Å². The van der Waals surface area contributed by atoms with Crippen LogP contribution in [0, 0.1) is 6.92 Å². The summed E-state index contributed by atoms with van der Waals surface area (Å²) >= 11 is 17.9. The molecule has 0 aliphatic heterocycles. The number of nitrogens with one attached hydrogen (secondary N) is 1. The number of H-pyrrole nitrogens is 1. The average Bonchev–Trinajstić information content (AvgIpc) is 3.03. The Labute approximate surface area is 136 Å². The first-order chi connectivity index (χ1) is 9.88. The van der Waals surface area contributed by atoms with Crippen molar-refractivity contribution in [1.29, 1.82) is 0 Å². The van der Waals surface area contributed by atoms with Crippen LogP contribution >= 0.6 is 34.8 Å². The van der Waals surface area contributed by atoms with Crippen LogP contribution in [-0.2, 0) is 0 Å². The Hall–Kier alpha value is -1.23. The molecule has 1 fully saturated rings. The van der Waals surface area contributed by atoms with Crippen LogP contribution in [0.15, 0.2) is 29.1 Å². The van der Waals surface area contributed by atoms with Crippen molar-refractivity contribution in [2.75, 3.05) is 0 Å².